The Morgan fingerprint density at radius 3 is 2.38 bits per heavy atom. The predicted molar refractivity (Wildman–Crippen MR) is 127 cm³/mol. The number of carbonyl (C=O) groups is 3. The third-order valence-corrected chi connectivity index (χ3v) is 6.17. The van der Waals surface area contributed by atoms with Crippen molar-refractivity contribution in [1.82, 2.24) is 15.1 Å². The van der Waals surface area contributed by atoms with E-state index >= 15 is 0 Å². The first-order valence-corrected chi connectivity index (χ1v) is 11.2. The van der Waals surface area contributed by atoms with Gasteiger partial charge in [-0.1, -0.05) is 18.7 Å². The van der Waals surface area contributed by atoms with Gasteiger partial charge in [-0.25, -0.2) is 4.39 Å². The van der Waals surface area contributed by atoms with Gasteiger partial charge in [-0.15, -0.1) is 0 Å². The number of hydrogen-bond donors (Lipinski definition) is 1. The fraction of sp³-hybridized carbons (Fsp3) is 0.346. The lowest BCUT2D eigenvalue weighted by Gasteiger charge is -2.37. The Bertz CT molecular complexity index is 1060. The van der Waals surface area contributed by atoms with Crippen LogP contribution in [0.4, 0.5) is 4.39 Å². The summed E-state index contributed by atoms with van der Waals surface area (Å²) in [5.41, 5.74) is 1.32. The van der Waals surface area contributed by atoms with Gasteiger partial charge in [0.15, 0.2) is 0 Å². The summed E-state index contributed by atoms with van der Waals surface area (Å²) >= 11 is 0. The molecule has 180 valence electrons. The molecule has 0 spiro atoms. The highest BCUT2D eigenvalue weighted by molar-refractivity contribution is 5.94. The van der Waals surface area contributed by atoms with Crippen molar-refractivity contribution in [2.24, 2.45) is 0 Å². The Labute approximate surface area is 199 Å². The van der Waals surface area contributed by atoms with E-state index < -0.39 is 11.9 Å². The molecule has 7 nitrogen and oxygen atoms in total. The van der Waals surface area contributed by atoms with Crippen LogP contribution in [0.5, 0.6) is 5.75 Å². The molecule has 1 N–H and O–H groups in total. The smallest absolute Gasteiger partial charge is 0.268 e. The first-order valence-electron chi connectivity index (χ1n) is 11.2. The van der Waals surface area contributed by atoms with Crippen LogP contribution < -0.4 is 10.1 Å². The van der Waals surface area contributed by atoms with Crippen molar-refractivity contribution in [3.63, 3.8) is 0 Å². The van der Waals surface area contributed by atoms with E-state index in [1.54, 1.807) is 67.2 Å². The van der Waals surface area contributed by atoms with Crippen molar-refractivity contribution in [2.75, 3.05) is 27.2 Å². The minimum Gasteiger partial charge on any atom is -0.476 e. The standard InChI is InChI=1S/C26H30FN3O4/c1-5-23(31)30-14-12-20(13-15-30)29(4)26(33)24(19-7-6-17(2)22(27)16-19)34-21-10-8-18(9-11-21)25(32)28-3/h5-11,16,20,24H,1,12-15H2,2-4H3,(H,28,32)/t24-/m1/s1. The molecule has 0 saturated carbocycles. The average Bonchev–Trinajstić information content (AvgIpc) is 2.87. The predicted octanol–water partition coefficient (Wildman–Crippen LogP) is 3.25. The van der Waals surface area contributed by atoms with Crippen molar-refractivity contribution >= 4 is 17.7 Å². The number of halogens is 1. The van der Waals surface area contributed by atoms with Crippen LogP contribution in [0.15, 0.2) is 55.1 Å². The van der Waals surface area contributed by atoms with E-state index in [-0.39, 0.29) is 23.8 Å². The van der Waals surface area contributed by atoms with Crippen LogP contribution >= 0.6 is 0 Å². The molecule has 1 saturated heterocycles. The highest BCUT2D eigenvalue weighted by Crippen LogP contribution is 2.28. The summed E-state index contributed by atoms with van der Waals surface area (Å²) in [6, 6.07) is 10.9. The number of carbonyl (C=O) groups excluding carboxylic acids is 3. The average molecular weight is 468 g/mol. The fourth-order valence-electron chi connectivity index (χ4n) is 3.97. The molecule has 3 rings (SSSR count). The summed E-state index contributed by atoms with van der Waals surface area (Å²) in [4.78, 5) is 40.6. The first-order chi connectivity index (χ1) is 16.2. The molecule has 0 bridgehead atoms. The third kappa shape index (κ3) is 5.62. The summed E-state index contributed by atoms with van der Waals surface area (Å²) in [7, 11) is 3.24. The summed E-state index contributed by atoms with van der Waals surface area (Å²) in [5, 5.41) is 2.55. The zero-order chi connectivity index (χ0) is 24.8. The van der Waals surface area contributed by atoms with Crippen molar-refractivity contribution in [2.45, 2.75) is 31.9 Å². The van der Waals surface area contributed by atoms with Crippen molar-refractivity contribution < 1.29 is 23.5 Å². The van der Waals surface area contributed by atoms with Gasteiger partial charge >= 0.3 is 0 Å². The lowest BCUT2D eigenvalue weighted by Crippen LogP contribution is -2.48. The molecule has 0 aliphatic carbocycles. The molecule has 8 heteroatoms. The maximum Gasteiger partial charge on any atom is 0.268 e. The van der Waals surface area contributed by atoms with Gasteiger partial charge in [-0.3, -0.25) is 14.4 Å². The van der Waals surface area contributed by atoms with Gasteiger partial charge in [0.25, 0.3) is 11.8 Å². The number of hydrogen-bond acceptors (Lipinski definition) is 4. The minimum absolute atomic E-state index is 0.0848. The topological polar surface area (TPSA) is 79.0 Å². The number of aryl methyl sites for hydroxylation is 1. The van der Waals surface area contributed by atoms with Gasteiger partial charge in [0.2, 0.25) is 12.0 Å². The second kappa shape index (κ2) is 11.0. The number of likely N-dealkylation sites (N-methyl/N-ethyl adjacent to an activating group) is 1. The van der Waals surface area contributed by atoms with E-state index in [2.05, 4.69) is 11.9 Å². The Morgan fingerprint density at radius 1 is 1.18 bits per heavy atom. The van der Waals surface area contributed by atoms with Crippen LogP contribution in [0, 0.1) is 12.7 Å². The lowest BCUT2D eigenvalue weighted by atomic mass is 10.0. The summed E-state index contributed by atoms with van der Waals surface area (Å²) in [6.45, 7) is 6.23. The van der Waals surface area contributed by atoms with Crippen LogP contribution in [0.1, 0.15) is 40.4 Å². The zero-order valence-corrected chi connectivity index (χ0v) is 19.7. The lowest BCUT2D eigenvalue weighted by molar-refractivity contribution is -0.141. The third-order valence-electron chi connectivity index (χ3n) is 6.17. The van der Waals surface area contributed by atoms with Crippen LogP contribution in [0.25, 0.3) is 0 Å². The highest BCUT2D eigenvalue weighted by Gasteiger charge is 2.33. The minimum atomic E-state index is -1.07. The Balaban J connectivity index is 1.82. The van der Waals surface area contributed by atoms with Crippen molar-refractivity contribution in [3.8, 4) is 5.75 Å². The van der Waals surface area contributed by atoms with Crippen LogP contribution in [-0.4, -0.2) is 60.7 Å². The monoisotopic (exact) mass is 467 g/mol. The highest BCUT2D eigenvalue weighted by atomic mass is 19.1. The normalized spacial score (nSPS) is 14.8. The SMILES string of the molecule is C=CC(=O)N1CCC(N(C)C(=O)[C@H](Oc2ccc(C(=O)NC)cc2)c2ccc(C)c(F)c2)CC1. The van der Waals surface area contributed by atoms with Gasteiger partial charge in [0.1, 0.15) is 11.6 Å². The van der Waals surface area contributed by atoms with E-state index in [0.29, 0.717) is 48.4 Å². The number of nitrogens with zero attached hydrogens (tertiary/aromatic N) is 2. The molecule has 2 aromatic rings. The number of amides is 3. The number of likely N-dealkylation sites (tertiary alicyclic amines) is 1. The molecular weight excluding hydrogens is 437 g/mol. The molecule has 34 heavy (non-hydrogen) atoms. The Kier molecular flexibility index (Phi) is 8.04. The molecule has 1 aliphatic heterocycles. The van der Waals surface area contributed by atoms with Crippen molar-refractivity contribution in [3.05, 3.63) is 77.6 Å². The van der Waals surface area contributed by atoms with E-state index in [4.69, 9.17) is 4.74 Å². The fourth-order valence-corrected chi connectivity index (χ4v) is 3.97. The Hall–Kier alpha value is -3.68. The van der Waals surface area contributed by atoms with Gasteiger partial charge in [-0.2, -0.15) is 0 Å². The number of nitrogens with one attached hydrogen (secondary N) is 1. The molecule has 1 atom stereocenters. The van der Waals surface area contributed by atoms with Crippen LogP contribution in [0.2, 0.25) is 0 Å². The van der Waals surface area contributed by atoms with Gasteiger partial charge in [-0.05, 0) is 61.7 Å². The van der Waals surface area contributed by atoms with Gasteiger partial charge in [0, 0.05) is 44.4 Å². The number of benzene rings is 2. The largest absolute Gasteiger partial charge is 0.476 e. The molecule has 2 aromatic carbocycles. The van der Waals surface area contributed by atoms with Crippen molar-refractivity contribution in [1.29, 1.82) is 0 Å². The number of piperidine rings is 1. The number of rotatable bonds is 7. The van der Waals surface area contributed by atoms with Gasteiger partial charge < -0.3 is 19.9 Å². The van der Waals surface area contributed by atoms with Gasteiger partial charge in [0.05, 0.1) is 0 Å². The number of ether oxygens (including phenoxy) is 1. The molecule has 0 unspecified atom stereocenters. The van der Waals surface area contributed by atoms with E-state index in [1.165, 1.54) is 12.1 Å². The summed E-state index contributed by atoms with van der Waals surface area (Å²) in [5.74, 6) is -0.712. The van der Waals surface area contributed by atoms with E-state index in [0.717, 1.165) is 0 Å². The molecule has 0 radical (unpaired) electrons. The quantitative estimate of drug-likeness (QED) is 0.634. The molecule has 0 aromatic heterocycles. The maximum absolute atomic E-state index is 14.4. The van der Waals surface area contributed by atoms with Crippen LogP contribution in [-0.2, 0) is 9.59 Å². The molecule has 1 heterocycles. The maximum atomic E-state index is 14.4. The van der Waals surface area contributed by atoms with E-state index in [1.807, 2.05) is 0 Å². The first kappa shape index (κ1) is 25.0. The molecule has 3 amide bonds. The molecule has 1 fully saturated rings. The second-order valence-electron chi connectivity index (χ2n) is 8.32. The zero-order valence-electron chi connectivity index (χ0n) is 19.7. The second-order valence-corrected chi connectivity index (χ2v) is 8.32. The van der Waals surface area contributed by atoms with Crippen LogP contribution in [0.3, 0.4) is 0 Å². The summed E-state index contributed by atoms with van der Waals surface area (Å²) in [6.07, 6.45) is 1.47. The molecular formula is C26H30FN3O4. The molecule has 1 aliphatic rings. The Morgan fingerprint density at radius 2 is 1.82 bits per heavy atom. The summed E-state index contributed by atoms with van der Waals surface area (Å²) < 4.78 is 20.4. The van der Waals surface area contributed by atoms with E-state index in [9.17, 15) is 18.8 Å².